The van der Waals surface area contributed by atoms with Gasteiger partial charge in [-0.15, -0.1) is 0 Å². The van der Waals surface area contributed by atoms with E-state index in [4.69, 9.17) is 11.6 Å². The molecule has 3 rings (SSSR count). The van der Waals surface area contributed by atoms with Crippen molar-refractivity contribution in [3.8, 4) is 5.69 Å². The van der Waals surface area contributed by atoms with Crippen LogP contribution in [0.1, 0.15) is 27.7 Å². The smallest absolute Gasteiger partial charge is 0.104 e. The minimum absolute atomic E-state index is 0.582. The summed E-state index contributed by atoms with van der Waals surface area (Å²) in [5, 5.41) is 10.3. The maximum Gasteiger partial charge on any atom is 0.104 e. The van der Waals surface area contributed by atoms with Crippen LogP contribution in [0, 0.1) is 0 Å². The topological polar surface area (TPSA) is 35.6 Å². The van der Waals surface area contributed by atoms with Gasteiger partial charge in [-0.25, -0.2) is 9.13 Å². The van der Waals surface area contributed by atoms with Crippen molar-refractivity contribution >= 4 is 66.8 Å². The molecule has 2 aromatic heterocycles. The SMILES string of the molecule is CC.CC.Clc1cc2cnn(-c3cnn(PI)c3)c2cc1Br. The van der Waals surface area contributed by atoms with Gasteiger partial charge in [-0.05, 0) is 50.1 Å². The summed E-state index contributed by atoms with van der Waals surface area (Å²) >= 11 is 11.8. The van der Waals surface area contributed by atoms with Gasteiger partial charge in [0.15, 0.2) is 0 Å². The molecule has 22 heavy (non-hydrogen) atoms. The van der Waals surface area contributed by atoms with Crippen LogP contribution in [0.2, 0.25) is 5.02 Å². The number of fused-ring (bicyclic) bond motifs is 1. The van der Waals surface area contributed by atoms with Gasteiger partial charge in [0.25, 0.3) is 0 Å². The third-order valence-electron chi connectivity index (χ3n) is 2.51. The van der Waals surface area contributed by atoms with Crippen LogP contribution in [0.5, 0.6) is 0 Å². The highest BCUT2D eigenvalue weighted by molar-refractivity contribution is 14.2. The predicted octanol–water partition coefficient (Wildman–Crippen LogP) is 6.48. The Hall–Kier alpha value is -0.170. The summed E-state index contributed by atoms with van der Waals surface area (Å²) in [5.74, 6) is 0. The summed E-state index contributed by atoms with van der Waals surface area (Å²) in [7, 11) is 0. The van der Waals surface area contributed by atoms with Crippen LogP contribution in [0.3, 0.4) is 0 Å². The van der Waals surface area contributed by atoms with Crippen LogP contribution in [0.15, 0.2) is 35.2 Å². The monoisotopic (exact) mass is 514 g/mol. The summed E-state index contributed by atoms with van der Waals surface area (Å²) in [4.78, 5) is 0. The molecule has 0 N–H and O–H groups in total. The highest BCUT2D eigenvalue weighted by Gasteiger charge is 2.09. The lowest BCUT2D eigenvalue weighted by molar-refractivity contribution is 0.911. The zero-order chi connectivity index (χ0) is 16.7. The predicted molar refractivity (Wildman–Crippen MR) is 110 cm³/mol. The van der Waals surface area contributed by atoms with Gasteiger partial charge in [0.2, 0.25) is 0 Å². The molecule has 1 atom stereocenters. The first kappa shape index (κ1) is 19.9. The molecular weight excluding hydrogens is 497 g/mol. The third kappa shape index (κ3) is 4.43. The van der Waals surface area contributed by atoms with Crippen LogP contribution in [0.4, 0.5) is 0 Å². The Balaban J connectivity index is 0.000000561. The third-order valence-corrected chi connectivity index (χ3v) is 5.61. The summed E-state index contributed by atoms with van der Waals surface area (Å²) in [6, 6.07) is 3.86. The van der Waals surface area contributed by atoms with Crippen molar-refractivity contribution in [1.29, 1.82) is 0 Å². The Kier molecular flexibility index (Phi) is 8.90. The molecule has 0 bridgehead atoms. The number of benzene rings is 1. The Labute approximate surface area is 159 Å². The minimum atomic E-state index is 0.582. The zero-order valence-corrected chi connectivity index (χ0v) is 18.3. The Morgan fingerprint density at radius 1 is 1.14 bits per heavy atom. The molecule has 0 aliphatic carbocycles. The van der Waals surface area contributed by atoms with Crippen molar-refractivity contribution in [2.24, 2.45) is 0 Å². The largest absolute Gasteiger partial charge is 0.243 e. The van der Waals surface area contributed by atoms with E-state index in [2.05, 4.69) is 48.2 Å². The van der Waals surface area contributed by atoms with Gasteiger partial charge in [0.1, 0.15) is 5.69 Å². The molecule has 0 spiro atoms. The average molecular weight is 516 g/mol. The first-order valence-corrected chi connectivity index (χ1v) is 12.2. The molecule has 0 aliphatic rings. The van der Waals surface area contributed by atoms with Gasteiger partial charge in [-0.1, -0.05) is 39.3 Å². The summed E-state index contributed by atoms with van der Waals surface area (Å²) in [5.41, 5.74) is 1.95. The molecule has 0 aliphatic heterocycles. The molecule has 1 aromatic carbocycles. The highest BCUT2D eigenvalue weighted by Crippen LogP contribution is 2.30. The van der Waals surface area contributed by atoms with Gasteiger partial charge in [-0.3, -0.25) is 0 Å². The maximum atomic E-state index is 6.07. The van der Waals surface area contributed by atoms with E-state index in [0.29, 0.717) is 11.4 Å². The zero-order valence-electron chi connectivity index (χ0n) is 12.8. The van der Waals surface area contributed by atoms with Crippen LogP contribution in [0.25, 0.3) is 16.6 Å². The fourth-order valence-corrected chi connectivity index (χ4v) is 3.27. The van der Waals surface area contributed by atoms with E-state index in [1.807, 2.05) is 55.2 Å². The van der Waals surface area contributed by atoms with Gasteiger partial charge >= 0.3 is 0 Å². The molecule has 120 valence electrons. The fraction of sp³-hybridized carbons (Fsp3) is 0.286. The second-order valence-electron chi connectivity index (χ2n) is 3.61. The number of halogens is 3. The van der Waals surface area contributed by atoms with Crippen molar-refractivity contribution in [1.82, 2.24) is 19.3 Å². The standard InChI is InChI=1S/C10H6BrClIN4P.2C2H6/c11-8-2-10-6(1-9(8)12)3-15-17(10)7-4-14-16(5-7)18-13;2*1-2/h1-5,18H;2*1-2H3. The van der Waals surface area contributed by atoms with E-state index in [1.165, 1.54) is 0 Å². The molecule has 3 aromatic rings. The summed E-state index contributed by atoms with van der Waals surface area (Å²) in [6.07, 6.45) is 6.16. The lowest BCUT2D eigenvalue weighted by atomic mass is 10.2. The van der Waals surface area contributed by atoms with Crippen LogP contribution < -0.4 is 0 Å². The molecule has 0 radical (unpaired) electrons. The molecule has 0 amide bonds. The van der Waals surface area contributed by atoms with Crippen LogP contribution in [-0.4, -0.2) is 19.3 Å². The summed E-state index contributed by atoms with van der Waals surface area (Å²) < 4.78 is 4.60. The maximum absolute atomic E-state index is 6.07. The van der Waals surface area contributed by atoms with E-state index >= 15 is 0 Å². The first-order chi connectivity index (χ1) is 10.7. The Morgan fingerprint density at radius 2 is 1.82 bits per heavy atom. The first-order valence-electron chi connectivity index (χ1n) is 6.93. The fourth-order valence-electron chi connectivity index (χ4n) is 1.70. The van der Waals surface area contributed by atoms with E-state index in [9.17, 15) is 0 Å². The van der Waals surface area contributed by atoms with Crippen molar-refractivity contribution < 1.29 is 0 Å². The molecule has 0 saturated heterocycles. The minimum Gasteiger partial charge on any atom is -0.243 e. The molecular formula is C14H18BrClIN4P. The quantitative estimate of drug-likeness (QED) is 0.289. The lowest BCUT2D eigenvalue weighted by Crippen LogP contribution is -1.93. The number of rotatable bonds is 2. The molecule has 8 heteroatoms. The second kappa shape index (κ2) is 9.85. The lowest BCUT2D eigenvalue weighted by Gasteiger charge is -2.01. The average Bonchev–Trinajstić information content (AvgIpc) is 3.18. The number of hydrogen-bond donors (Lipinski definition) is 0. The van der Waals surface area contributed by atoms with Crippen LogP contribution >= 0.6 is 55.9 Å². The van der Waals surface area contributed by atoms with Gasteiger partial charge in [0.05, 0.1) is 35.5 Å². The highest BCUT2D eigenvalue weighted by atomic mass is 127. The molecule has 0 saturated carbocycles. The van der Waals surface area contributed by atoms with Gasteiger partial charge in [0, 0.05) is 9.86 Å². The van der Waals surface area contributed by atoms with Gasteiger partial charge < -0.3 is 0 Å². The normalized spacial score (nSPS) is 10.3. The number of aromatic nitrogens is 4. The van der Waals surface area contributed by atoms with E-state index < -0.39 is 0 Å². The van der Waals surface area contributed by atoms with E-state index in [1.54, 1.807) is 12.4 Å². The molecule has 2 heterocycles. The van der Waals surface area contributed by atoms with Gasteiger partial charge in [-0.2, -0.15) is 10.2 Å². The molecule has 1 unspecified atom stereocenters. The molecule has 4 nitrogen and oxygen atoms in total. The van der Waals surface area contributed by atoms with Crippen LogP contribution in [-0.2, 0) is 0 Å². The van der Waals surface area contributed by atoms with Crippen molar-refractivity contribution in [3.63, 3.8) is 0 Å². The molecule has 0 fully saturated rings. The second-order valence-corrected chi connectivity index (χ2v) is 6.95. The van der Waals surface area contributed by atoms with Crippen molar-refractivity contribution in [2.45, 2.75) is 27.7 Å². The Morgan fingerprint density at radius 3 is 2.41 bits per heavy atom. The number of hydrogen-bond acceptors (Lipinski definition) is 2. The van der Waals surface area contributed by atoms with Crippen molar-refractivity contribution in [2.75, 3.05) is 0 Å². The number of nitrogens with zero attached hydrogens (tertiary/aromatic N) is 4. The van der Waals surface area contributed by atoms with E-state index in [0.717, 1.165) is 21.1 Å². The van der Waals surface area contributed by atoms with Crippen molar-refractivity contribution in [3.05, 3.63) is 40.2 Å². The Bertz CT molecular complexity index is 729. The summed E-state index contributed by atoms with van der Waals surface area (Å²) in [6.45, 7) is 8.00. The van der Waals surface area contributed by atoms with E-state index in [-0.39, 0.29) is 0 Å².